The zero-order chi connectivity index (χ0) is 15.5. The van der Waals surface area contributed by atoms with E-state index in [0.29, 0.717) is 22.1 Å². The van der Waals surface area contributed by atoms with Crippen LogP contribution in [0.1, 0.15) is 9.67 Å². The van der Waals surface area contributed by atoms with Gasteiger partial charge < -0.3 is 10.1 Å². The first-order chi connectivity index (χ1) is 10.7. The molecule has 0 radical (unpaired) electrons. The Hall–Kier alpha value is -2.64. The molecule has 3 aromatic rings. The first-order valence-electron chi connectivity index (χ1n) is 6.49. The van der Waals surface area contributed by atoms with Crippen molar-refractivity contribution in [3.05, 3.63) is 47.6 Å². The number of hydrogen-bond acceptors (Lipinski definition) is 6. The topological polar surface area (TPSA) is 83.5 Å². The summed E-state index contributed by atoms with van der Waals surface area (Å²) in [4.78, 5) is 16.5. The summed E-state index contributed by atoms with van der Waals surface area (Å²) in [6.07, 6.45) is 3.32. The van der Waals surface area contributed by atoms with Gasteiger partial charge in [0.1, 0.15) is 5.75 Å². The number of carbonyl (C=O) groups excluding carboxylic acids is 1. The van der Waals surface area contributed by atoms with E-state index >= 15 is 0 Å². The molecule has 2 heterocycles. The van der Waals surface area contributed by atoms with Crippen LogP contribution in [0.25, 0.3) is 10.1 Å². The SMILES string of the molecule is CNC(=O)c1cc2c(Oc3ccc(NO)cc3)cncc2s1. The van der Waals surface area contributed by atoms with Gasteiger partial charge in [-0.25, -0.2) is 0 Å². The van der Waals surface area contributed by atoms with Crippen LogP contribution in [0.5, 0.6) is 11.5 Å². The molecule has 0 aliphatic heterocycles. The minimum absolute atomic E-state index is 0.134. The molecular weight excluding hydrogens is 302 g/mol. The lowest BCUT2D eigenvalue weighted by molar-refractivity contribution is 0.0967. The van der Waals surface area contributed by atoms with Gasteiger partial charge >= 0.3 is 0 Å². The highest BCUT2D eigenvalue weighted by molar-refractivity contribution is 7.20. The van der Waals surface area contributed by atoms with Crippen molar-refractivity contribution in [3.63, 3.8) is 0 Å². The van der Waals surface area contributed by atoms with Gasteiger partial charge in [-0.15, -0.1) is 11.3 Å². The number of fused-ring (bicyclic) bond motifs is 1. The summed E-state index contributed by atoms with van der Waals surface area (Å²) >= 11 is 1.36. The first-order valence-corrected chi connectivity index (χ1v) is 7.30. The maximum absolute atomic E-state index is 11.7. The average Bonchev–Trinajstić information content (AvgIpc) is 3.00. The number of ether oxygens (including phenoxy) is 1. The second-order valence-corrected chi connectivity index (χ2v) is 5.56. The molecule has 0 bridgehead atoms. The predicted octanol–water partition coefficient (Wildman–Crippen LogP) is 3.25. The molecule has 0 unspecified atom stereocenters. The third kappa shape index (κ3) is 2.72. The van der Waals surface area contributed by atoms with Crippen molar-refractivity contribution in [1.82, 2.24) is 10.3 Å². The lowest BCUT2D eigenvalue weighted by Crippen LogP contribution is -2.15. The largest absolute Gasteiger partial charge is 0.455 e. The van der Waals surface area contributed by atoms with Crippen molar-refractivity contribution < 1.29 is 14.7 Å². The Morgan fingerprint density at radius 1 is 1.27 bits per heavy atom. The summed E-state index contributed by atoms with van der Waals surface area (Å²) in [5.41, 5.74) is 2.63. The number of carbonyl (C=O) groups is 1. The molecule has 0 spiro atoms. The predicted molar refractivity (Wildman–Crippen MR) is 84.9 cm³/mol. The van der Waals surface area contributed by atoms with Crippen LogP contribution < -0.4 is 15.5 Å². The molecule has 2 aromatic heterocycles. The van der Waals surface area contributed by atoms with Crippen molar-refractivity contribution in [1.29, 1.82) is 0 Å². The Kier molecular flexibility index (Phi) is 3.90. The van der Waals surface area contributed by atoms with Gasteiger partial charge in [0.05, 0.1) is 21.5 Å². The van der Waals surface area contributed by atoms with Crippen molar-refractivity contribution >= 4 is 33.0 Å². The molecule has 0 saturated heterocycles. The van der Waals surface area contributed by atoms with E-state index in [-0.39, 0.29) is 5.91 Å². The van der Waals surface area contributed by atoms with Crippen molar-refractivity contribution in [2.24, 2.45) is 0 Å². The van der Waals surface area contributed by atoms with E-state index in [2.05, 4.69) is 15.8 Å². The van der Waals surface area contributed by atoms with Gasteiger partial charge in [0, 0.05) is 18.6 Å². The zero-order valence-electron chi connectivity index (χ0n) is 11.7. The molecule has 0 fully saturated rings. The minimum atomic E-state index is -0.134. The number of rotatable bonds is 4. The van der Waals surface area contributed by atoms with Gasteiger partial charge in [-0.05, 0) is 30.3 Å². The lowest BCUT2D eigenvalue weighted by atomic mass is 10.2. The Morgan fingerprint density at radius 3 is 2.73 bits per heavy atom. The second kappa shape index (κ2) is 6.00. The molecule has 3 rings (SSSR count). The standard InChI is InChI=1S/C15H13N3O3S/c1-16-15(19)13-6-11-12(7-17-8-14(11)22-13)21-10-4-2-9(18-20)3-5-10/h2-8,18,20H,1H3,(H,16,19). The van der Waals surface area contributed by atoms with Crippen LogP contribution in [0.15, 0.2) is 42.7 Å². The molecule has 22 heavy (non-hydrogen) atoms. The number of nitrogens with zero attached hydrogens (tertiary/aromatic N) is 1. The molecule has 1 amide bonds. The van der Waals surface area contributed by atoms with Gasteiger partial charge in [0.2, 0.25) is 0 Å². The molecule has 0 saturated carbocycles. The molecule has 3 N–H and O–H groups in total. The highest BCUT2D eigenvalue weighted by Gasteiger charge is 2.12. The summed E-state index contributed by atoms with van der Waals surface area (Å²) in [6, 6.07) is 8.62. The highest BCUT2D eigenvalue weighted by Crippen LogP contribution is 2.34. The Balaban J connectivity index is 1.95. The molecule has 112 valence electrons. The number of hydrogen-bond donors (Lipinski definition) is 3. The smallest absolute Gasteiger partial charge is 0.261 e. The molecule has 0 atom stereocenters. The fraction of sp³-hybridized carbons (Fsp3) is 0.0667. The van der Waals surface area contributed by atoms with E-state index in [9.17, 15) is 4.79 Å². The summed E-state index contributed by atoms with van der Waals surface area (Å²) in [7, 11) is 1.60. The molecule has 6 nitrogen and oxygen atoms in total. The average molecular weight is 315 g/mol. The molecule has 0 aliphatic rings. The first kappa shape index (κ1) is 14.3. The fourth-order valence-corrected chi connectivity index (χ4v) is 2.97. The Bertz CT molecular complexity index is 815. The third-order valence-electron chi connectivity index (χ3n) is 3.07. The van der Waals surface area contributed by atoms with Crippen molar-refractivity contribution in [2.45, 2.75) is 0 Å². The van der Waals surface area contributed by atoms with Gasteiger partial charge in [-0.2, -0.15) is 0 Å². The summed E-state index contributed by atoms with van der Waals surface area (Å²) in [5, 5.41) is 12.2. The third-order valence-corrected chi connectivity index (χ3v) is 4.14. The quantitative estimate of drug-likeness (QED) is 0.644. The van der Waals surface area contributed by atoms with Crippen molar-refractivity contribution in [3.8, 4) is 11.5 Å². The maximum Gasteiger partial charge on any atom is 0.261 e. The van der Waals surface area contributed by atoms with E-state index < -0.39 is 0 Å². The fourth-order valence-electron chi connectivity index (χ4n) is 1.98. The van der Waals surface area contributed by atoms with Gasteiger partial charge in [0.25, 0.3) is 5.91 Å². The van der Waals surface area contributed by atoms with Crippen LogP contribution in [0, 0.1) is 0 Å². The van der Waals surface area contributed by atoms with E-state index in [1.54, 1.807) is 49.8 Å². The van der Waals surface area contributed by atoms with Gasteiger partial charge in [-0.1, -0.05) is 0 Å². The molecule has 7 heteroatoms. The van der Waals surface area contributed by atoms with E-state index in [1.165, 1.54) is 11.3 Å². The number of pyridine rings is 1. The summed E-state index contributed by atoms with van der Waals surface area (Å²) in [5.74, 6) is 1.06. The van der Waals surface area contributed by atoms with Crippen LogP contribution in [-0.4, -0.2) is 23.1 Å². The molecular formula is C15H13N3O3S. The number of anilines is 1. The van der Waals surface area contributed by atoms with Gasteiger partial charge in [-0.3, -0.25) is 20.5 Å². The minimum Gasteiger partial charge on any atom is -0.455 e. The Labute approximate surface area is 130 Å². The number of benzene rings is 1. The summed E-state index contributed by atoms with van der Waals surface area (Å²) in [6.45, 7) is 0. The lowest BCUT2D eigenvalue weighted by Gasteiger charge is -2.07. The van der Waals surface area contributed by atoms with Crippen molar-refractivity contribution in [2.75, 3.05) is 12.5 Å². The molecule has 0 aliphatic carbocycles. The van der Waals surface area contributed by atoms with Crippen LogP contribution >= 0.6 is 11.3 Å². The van der Waals surface area contributed by atoms with Crippen LogP contribution in [0.3, 0.4) is 0 Å². The summed E-state index contributed by atoms with van der Waals surface area (Å²) < 4.78 is 6.70. The van der Waals surface area contributed by atoms with Crippen LogP contribution in [0.4, 0.5) is 5.69 Å². The zero-order valence-corrected chi connectivity index (χ0v) is 12.5. The number of aromatic nitrogens is 1. The normalized spacial score (nSPS) is 10.5. The van der Waals surface area contributed by atoms with Gasteiger partial charge in [0.15, 0.2) is 5.75 Å². The number of nitrogens with one attached hydrogen (secondary N) is 2. The van der Waals surface area contributed by atoms with E-state index in [4.69, 9.17) is 9.94 Å². The second-order valence-electron chi connectivity index (χ2n) is 4.48. The Morgan fingerprint density at radius 2 is 2.05 bits per heavy atom. The monoisotopic (exact) mass is 315 g/mol. The molecule has 1 aromatic carbocycles. The van der Waals surface area contributed by atoms with E-state index in [1.807, 2.05) is 0 Å². The maximum atomic E-state index is 11.7. The van der Waals surface area contributed by atoms with Crippen LogP contribution in [0.2, 0.25) is 0 Å². The highest BCUT2D eigenvalue weighted by atomic mass is 32.1. The number of amides is 1. The number of thiophene rings is 1. The van der Waals surface area contributed by atoms with E-state index in [0.717, 1.165) is 10.1 Å². The van der Waals surface area contributed by atoms with Crippen LogP contribution in [-0.2, 0) is 0 Å².